The van der Waals surface area contributed by atoms with Crippen molar-refractivity contribution in [2.24, 2.45) is 0 Å². The molecule has 1 aromatic heterocycles. The van der Waals surface area contributed by atoms with E-state index in [2.05, 4.69) is 4.98 Å². The Kier molecular flexibility index (Phi) is 5.37. The van der Waals surface area contributed by atoms with Crippen molar-refractivity contribution in [2.45, 2.75) is 33.5 Å². The lowest BCUT2D eigenvalue weighted by atomic mass is 10.2. The molecule has 0 amide bonds. The highest BCUT2D eigenvalue weighted by molar-refractivity contribution is 5.92. The first-order valence-electron chi connectivity index (χ1n) is 8.47. The van der Waals surface area contributed by atoms with Gasteiger partial charge in [0, 0.05) is 12.5 Å². The maximum atomic E-state index is 11.4. The molecule has 0 radical (unpaired) electrons. The normalized spacial score (nSPS) is 10.8. The summed E-state index contributed by atoms with van der Waals surface area (Å²) in [6, 6.07) is 15.4. The van der Waals surface area contributed by atoms with Crippen molar-refractivity contribution in [3.8, 4) is 23.0 Å². The van der Waals surface area contributed by atoms with Crippen LogP contribution in [0.25, 0.3) is 11.5 Å². The van der Waals surface area contributed by atoms with Crippen LogP contribution in [0.4, 0.5) is 0 Å². The number of ketones is 1. The Morgan fingerprint density at radius 3 is 2.54 bits per heavy atom. The Balaban J connectivity index is 1.85. The van der Waals surface area contributed by atoms with E-state index in [4.69, 9.17) is 13.9 Å². The van der Waals surface area contributed by atoms with Crippen molar-refractivity contribution in [1.82, 2.24) is 4.98 Å². The summed E-state index contributed by atoms with van der Waals surface area (Å²) in [6.07, 6.45) is 1.35. The molecule has 26 heavy (non-hydrogen) atoms. The number of hydrogen-bond donors (Lipinski definition) is 0. The number of nitrogens with zero attached hydrogens (tertiary/aromatic N) is 1. The summed E-state index contributed by atoms with van der Waals surface area (Å²) in [7, 11) is 0. The Hall–Kier alpha value is -3.08. The van der Waals surface area contributed by atoms with Gasteiger partial charge in [-0.05, 0) is 37.6 Å². The van der Waals surface area contributed by atoms with E-state index in [-0.39, 0.29) is 11.9 Å². The van der Waals surface area contributed by atoms with Gasteiger partial charge in [0.1, 0.15) is 18.6 Å². The Morgan fingerprint density at radius 1 is 1.12 bits per heavy atom. The van der Waals surface area contributed by atoms with Crippen molar-refractivity contribution < 1.29 is 18.7 Å². The Morgan fingerprint density at radius 2 is 1.88 bits per heavy atom. The van der Waals surface area contributed by atoms with Gasteiger partial charge in [-0.15, -0.1) is 0 Å². The molecule has 2 aromatic carbocycles. The second kappa shape index (κ2) is 7.87. The molecule has 0 saturated carbocycles. The van der Waals surface area contributed by atoms with Crippen molar-refractivity contribution in [3.63, 3.8) is 0 Å². The molecular weight excluding hydrogens is 330 g/mol. The fraction of sp³-hybridized carbons (Fsp3) is 0.238. The molecule has 0 atom stereocenters. The maximum absolute atomic E-state index is 11.4. The first-order valence-corrected chi connectivity index (χ1v) is 8.47. The molecule has 0 aliphatic carbocycles. The molecule has 0 aliphatic heterocycles. The zero-order valence-electron chi connectivity index (χ0n) is 15.1. The lowest BCUT2D eigenvalue weighted by Gasteiger charge is -2.16. The highest BCUT2D eigenvalue weighted by atomic mass is 16.5. The van der Waals surface area contributed by atoms with Crippen LogP contribution in [0, 0.1) is 0 Å². The van der Waals surface area contributed by atoms with Crippen LogP contribution in [0.3, 0.4) is 0 Å². The third kappa shape index (κ3) is 4.30. The van der Waals surface area contributed by atoms with Gasteiger partial charge >= 0.3 is 0 Å². The number of rotatable bonds is 7. The lowest BCUT2D eigenvalue weighted by molar-refractivity contribution is 0.101. The number of carbonyl (C=O) groups is 1. The molecule has 3 rings (SSSR count). The summed E-state index contributed by atoms with van der Waals surface area (Å²) in [5.74, 6) is 1.49. The largest absolute Gasteiger partial charge is 0.487 e. The standard InChI is InChI=1S/C21H21NO4/c1-14(2)26-20-11-17(21-22-18(13-25-21)15(3)23)9-10-19(20)24-12-16-7-5-4-6-8-16/h4-11,13-14H,12H2,1-3H3. The first-order chi connectivity index (χ1) is 12.5. The van der Waals surface area contributed by atoms with E-state index in [1.54, 1.807) is 0 Å². The molecule has 0 aliphatic rings. The summed E-state index contributed by atoms with van der Waals surface area (Å²) in [6.45, 7) is 5.80. The van der Waals surface area contributed by atoms with Gasteiger partial charge < -0.3 is 13.9 Å². The molecule has 0 unspecified atom stereocenters. The van der Waals surface area contributed by atoms with Crippen LogP contribution in [0.2, 0.25) is 0 Å². The van der Waals surface area contributed by atoms with Crippen molar-refractivity contribution >= 4 is 5.78 Å². The van der Waals surface area contributed by atoms with Crippen molar-refractivity contribution in [3.05, 3.63) is 66.1 Å². The van der Waals surface area contributed by atoms with Crippen molar-refractivity contribution in [1.29, 1.82) is 0 Å². The molecule has 0 bridgehead atoms. The van der Waals surface area contributed by atoms with Gasteiger partial charge in [0.25, 0.3) is 0 Å². The monoisotopic (exact) mass is 351 g/mol. The van der Waals surface area contributed by atoms with E-state index < -0.39 is 0 Å². The molecule has 0 saturated heterocycles. The number of aromatic nitrogens is 1. The highest BCUT2D eigenvalue weighted by Gasteiger charge is 2.14. The fourth-order valence-corrected chi connectivity index (χ4v) is 2.41. The van der Waals surface area contributed by atoms with Gasteiger partial charge in [0.05, 0.1) is 6.10 Å². The van der Waals surface area contributed by atoms with Crippen LogP contribution in [-0.4, -0.2) is 16.9 Å². The van der Waals surface area contributed by atoms with Gasteiger partial charge in [-0.3, -0.25) is 4.79 Å². The smallest absolute Gasteiger partial charge is 0.226 e. The topological polar surface area (TPSA) is 61.6 Å². The lowest BCUT2D eigenvalue weighted by Crippen LogP contribution is -2.07. The minimum Gasteiger partial charge on any atom is -0.487 e. The molecule has 0 fully saturated rings. The number of oxazole rings is 1. The molecule has 134 valence electrons. The summed E-state index contributed by atoms with van der Waals surface area (Å²) >= 11 is 0. The van der Waals surface area contributed by atoms with Crippen LogP contribution in [0.5, 0.6) is 11.5 Å². The number of carbonyl (C=O) groups excluding carboxylic acids is 1. The van der Waals surface area contributed by atoms with Crippen LogP contribution >= 0.6 is 0 Å². The van der Waals surface area contributed by atoms with Crippen LogP contribution in [0.1, 0.15) is 36.8 Å². The van der Waals surface area contributed by atoms with Gasteiger partial charge in [0.15, 0.2) is 17.3 Å². The summed E-state index contributed by atoms with van der Waals surface area (Å²) in [4.78, 5) is 15.6. The predicted octanol–water partition coefficient (Wildman–Crippen LogP) is 4.91. The highest BCUT2D eigenvalue weighted by Crippen LogP contribution is 2.33. The average molecular weight is 351 g/mol. The summed E-state index contributed by atoms with van der Waals surface area (Å²) in [5.41, 5.74) is 2.10. The third-order valence-electron chi connectivity index (χ3n) is 3.66. The second-order valence-electron chi connectivity index (χ2n) is 6.20. The van der Waals surface area contributed by atoms with E-state index in [1.165, 1.54) is 13.2 Å². The molecule has 3 aromatic rings. The first kappa shape index (κ1) is 17.7. The number of benzene rings is 2. The van der Waals surface area contributed by atoms with Gasteiger partial charge in [0.2, 0.25) is 5.89 Å². The van der Waals surface area contributed by atoms with E-state index in [0.717, 1.165) is 11.1 Å². The Bertz CT molecular complexity index is 884. The Labute approximate surface area is 152 Å². The maximum Gasteiger partial charge on any atom is 0.226 e. The number of hydrogen-bond acceptors (Lipinski definition) is 5. The van der Waals surface area contributed by atoms with E-state index in [9.17, 15) is 4.79 Å². The minimum atomic E-state index is -0.138. The van der Waals surface area contributed by atoms with Crippen LogP contribution < -0.4 is 9.47 Å². The number of Topliss-reactive ketones (excluding diaryl/α,β-unsaturated/α-hetero) is 1. The number of ether oxygens (including phenoxy) is 2. The molecule has 5 heteroatoms. The van der Waals surface area contributed by atoms with E-state index in [0.29, 0.717) is 29.7 Å². The summed E-state index contributed by atoms with van der Waals surface area (Å²) < 4.78 is 17.2. The average Bonchev–Trinajstić information content (AvgIpc) is 3.11. The van der Waals surface area contributed by atoms with Gasteiger partial charge in [-0.2, -0.15) is 0 Å². The van der Waals surface area contributed by atoms with Gasteiger partial charge in [-0.1, -0.05) is 30.3 Å². The van der Waals surface area contributed by atoms with Crippen LogP contribution in [0.15, 0.2) is 59.2 Å². The SMILES string of the molecule is CC(=O)c1coc(-c2ccc(OCc3ccccc3)c(OC(C)C)c2)n1. The van der Waals surface area contributed by atoms with Gasteiger partial charge in [-0.25, -0.2) is 4.98 Å². The fourth-order valence-electron chi connectivity index (χ4n) is 2.41. The molecule has 0 N–H and O–H groups in total. The minimum absolute atomic E-state index is 0.0123. The quantitative estimate of drug-likeness (QED) is 0.566. The van der Waals surface area contributed by atoms with Crippen LogP contribution in [-0.2, 0) is 6.61 Å². The molecule has 1 heterocycles. The van der Waals surface area contributed by atoms with E-state index in [1.807, 2.05) is 62.4 Å². The van der Waals surface area contributed by atoms with Crippen molar-refractivity contribution in [2.75, 3.05) is 0 Å². The third-order valence-corrected chi connectivity index (χ3v) is 3.66. The molecular formula is C21H21NO4. The molecule has 0 spiro atoms. The predicted molar refractivity (Wildman–Crippen MR) is 98.5 cm³/mol. The summed E-state index contributed by atoms with van der Waals surface area (Å²) in [5, 5.41) is 0. The zero-order chi connectivity index (χ0) is 18.5. The zero-order valence-corrected chi connectivity index (χ0v) is 15.1. The van der Waals surface area contributed by atoms with E-state index >= 15 is 0 Å². The molecule has 5 nitrogen and oxygen atoms in total. The second-order valence-corrected chi connectivity index (χ2v) is 6.20.